The van der Waals surface area contributed by atoms with Crippen LogP contribution < -0.4 is 5.32 Å². The number of aromatic nitrogens is 3. The minimum absolute atomic E-state index is 0. The highest BCUT2D eigenvalue weighted by Gasteiger charge is 2.21. The molecule has 122 valence electrons. The number of halogens is 1. The minimum atomic E-state index is 0. The van der Waals surface area contributed by atoms with Crippen molar-refractivity contribution in [2.24, 2.45) is 5.92 Å². The molecule has 0 atom stereocenters. The van der Waals surface area contributed by atoms with Crippen LogP contribution in [0, 0.1) is 5.92 Å². The van der Waals surface area contributed by atoms with Crippen LogP contribution in [0.5, 0.6) is 0 Å². The van der Waals surface area contributed by atoms with Gasteiger partial charge in [-0.15, -0.1) is 27.2 Å². The van der Waals surface area contributed by atoms with E-state index >= 15 is 0 Å². The monoisotopic (exact) mass is 382 g/mol. The molecule has 2 heterocycles. The zero-order chi connectivity index (χ0) is 15.5. The summed E-state index contributed by atoms with van der Waals surface area (Å²) in [6, 6.07) is 16.3. The summed E-state index contributed by atoms with van der Waals surface area (Å²) in [7, 11) is 0. The first-order chi connectivity index (χ1) is 11.4. The third-order valence-electron chi connectivity index (χ3n) is 4.11. The first-order valence-corrected chi connectivity index (χ1v) is 7.97. The Labute approximate surface area is 152 Å². The topological polar surface area (TPSA) is 50.7 Å². The van der Waals surface area contributed by atoms with Gasteiger partial charge in [0.2, 0.25) is 0 Å². The van der Waals surface area contributed by atoms with E-state index in [4.69, 9.17) is 0 Å². The Morgan fingerprint density at radius 2 is 1.67 bits per heavy atom. The van der Waals surface area contributed by atoms with Crippen LogP contribution in [0.2, 0.25) is 0 Å². The number of nitrogens with one attached hydrogen (secondary N) is 1. The standard InChI is InChI=1S/C19H18N4.BrH/c1-2-4-16(5-3-1)18-12-17(15-8-10-20-11-9-15)19(23-22-18)21-13-14-6-7-14;/h1-5,8-12,14H,6-7,13H2,(H,21,23);1H. The second-order valence-corrected chi connectivity index (χ2v) is 5.92. The molecule has 1 aliphatic rings. The van der Waals surface area contributed by atoms with Crippen LogP contribution in [0.1, 0.15) is 12.8 Å². The van der Waals surface area contributed by atoms with Gasteiger partial charge in [-0.25, -0.2) is 0 Å². The van der Waals surface area contributed by atoms with Gasteiger partial charge in [0.05, 0.1) is 5.69 Å². The summed E-state index contributed by atoms with van der Waals surface area (Å²) < 4.78 is 0. The molecule has 0 spiro atoms. The molecule has 4 rings (SSSR count). The summed E-state index contributed by atoms with van der Waals surface area (Å²) in [5, 5.41) is 12.3. The van der Waals surface area contributed by atoms with Gasteiger partial charge in [0, 0.05) is 30.1 Å². The highest BCUT2D eigenvalue weighted by molar-refractivity contribution is 8.93. The lowest BCUT2D eigenvalue weighted by Gasteiger charge is -2.12. The van der Waals surface area contributed by atoms with E-state index in [0.717, 1.165) is 40.7 Å². The van der Waals surface area contributed by atoms with Crippen molar-refractivity contribution in [2.45, 2.75) is 12.8 Å². The summed E-state index contributed by atoms with van der Waals surface area (Å²) in [5.74, 6) is 1.64. The Morgan fingerprint density at radius 1 is 0.917 bits per heavy atom. The molecule has 1 fully saturated rings. The first kappa shape index (κ1) is 16.6. The van der Waals surface area contributed by atoms with Crippen LogP contribution in [0.25, 0.3) is 22.4 Å². The molecule has 0 amide bonds. The van der Waals surface area contributed by atoms with E-state index in [2.05, 4.69) is 38.7 Å². The molecular formula is C19H19BrN4. The van der Waals surface area contributed by atoms with Gasteiger partial charge in [0.25, 0.3) is 0 Å². The highest BCUT2D eigenvalue weighted by atomic mass is 79.9. The molecule has 1 aliphatic carbocycles. The second kappa shape index (κ2) is 7.53. The van der Waals surface area contributed by atoms with E-state index in [1.165, 1.54) is 12.8 Å². The Morgan fingerprint density at radius 3 is 2.38 bits per heavy atom. The zero-order valence-corrected chi connectivity index (χ0v) is 14.9. The SMILES string of the molecule is Br.c1ccc(-c2cc(-c3ccncc3)c(NCC3CC3)nn2)cc1. The third kappa shape index (κ3) is 3.79. The van der Waals surface area contributed by atoms with Crippen molar-refractivity contribution in [3.8, 4) is 22.4 Å². The van der Waals surface area contributed by atoms with Crippen LogP contribution in [0.15, 0.2) is 60.9 Å². The lowest BCUT2D eigenvalue weighted by Crippen LogP contribution is -2.07. The van der Waals surface area contributed by atoms with Crippen LogP contribution in [-0.2, 0) is 0 Å². The molecule has 1 saturated carbocycles. The molecule has 4 nitrogen and oxygen atoms in total. The number of hydrogen-bond acceptors (Lipinski definition) is 4. The van der Waals surface area contributed by atoms with Crippen molar-refractivity contribution >= 4 is 22.8 Å². The fourth-order valence-corrected chi connectivity index (χ4v) is 2.59. The molecule has 1 N–H and O–H groups in total. The summed E-state index contributed by atoms with van der Waals surface area (Å²) >= 11 is 0. The molecule has 5 heteroatoms. The summed E-state index contributed by atoms with van der Waals surface area (Å²) in [6.45, 7) is 0.970. The highest BCUT2D eigenvalue weighted by Crippen LogP contribution is 2.32. The summed E-state index contributed by atoms with van der Waals surface area (Å²) in [6.07, 6.45) is 6.24. The summed E-state index contributed by atoms with van der Waals surface area (Å²) in [5.41, 5.74) is 4.13. The van der Waals surface area contributed by atoms with Crippen LogP contribution >= 0.6 is 17.0 Å². The predicted octanol–water partition coefficient (Wildman–Crippen LogP) is 4.61. The molecule has 3 aromatic rings. The Balaban J connectivity index is 0.00000169. The van der Waals surface area contributed by atoms with E-state index < -0.39 is 0 Å². The number of anilines is 1. The molecule has 0 unspecified atom stereocenters. The average molecular weight is 383 g/mol. The number of rotatable bonds is 5. The second-order valence-electron chi connectivity index (χ2n) is 5.92. The van der Waals surface area contributed by atoms with E-state index in [-0.39, 0.29) is 17.0 Å². The Bertz CT molecular complexity index is 789. The quantitative estimate of drug-likeness (QED) is 0.699. The molecule has 0 aliphatic heterocycles. The van der Waals surface area contributed by atoms with Gasteiger partial charge in [-0.3, -0.25) is 4.98 Å². The van der Waals surface area contributed by atoms with Gasteiger partial charge in [-0.2, -0.15) is 0 Å². The zero-order valence-electron chi connectivity index (χ0n) is 13.2. The molecule has 0 radical (unpaired) electrons. The van der Waals surface area contributed by atoms with Gasteiger partial charge >= 0.3 is 0 Å². The lowest BCUT2D eigenvalue weighted by molar-refractivity contribution is 0.874. The molecule has 0 bridgehead atoms. The van der Waals surface area contributed by atoms with E-state index in [9.17, 15) is 0 Å². The summed E-state index contributed by atoms with van der Waals surface area (Å²) in [4.78, 5) is 4.11. The normalized spacial score (nSPS) is 13.2. The van der Waals surface area contributed by atoms with Crippen molar-refractivity contribution in [1.29, 1.82) is 0 Å². The third-order valence-corrected chi connectivity index (χ3v) is 4.11. The van der Waals surface area contributed by atoms with Gasteiger partial charge in [-0.05, 0) is 42.5 Å². The van der Waals surface area contributed by atoms with Crippen molar-refractivity contribution in [3.63, 3.8) is 0 Å². The average Bonchev–Trinajstić information content (AvgIpc) is 3.46. The van der Waals surface area contributed by atoms with Gasteiger partial charge in [0.15, 0.2) is 5.82 Å². The molecule has 1 aromatic carbocycles. The number of benzene rings is 1. The molecule has 0 saturated heterocycles. The van der Waals surface area contributed by atoms with Gasteiger partial charge < -0.3 is 5.32 Å². The van der Waals surface area contributed by atoms with E-state index in [1.54, 1.807) is 0 Å². The predicted molar refractivity (Wildman–Crippen MR) is 102 cm³/mol. The van der Waals surface area contributed by atoms with Gasteiger partial charge in [-0.1, -0.05) is 30.3 Å². The van der Waals surface area contributed by atoms with Crippen molar-refractivity contribution < 1.29 is 0 Å². The van der Waals surface area contributed by atoms with Crippen molar-refractivity contribution in [1.82, 2.24) is 15.2 Å². The van der Waals surface area contributed by atoms with Crippen molar-refractivity contribution in [2.75, 3.05) is 11.9 Å². The maximum atomic E-state index is 4.45. The fourth-order valence-electron chi connectivity index (χ4n) is 2.59. The lowest BCUT2D eigenvalue weighted by atomic mass is 10.0. The minimum Gasteiger partial charge on any atom is -0.368 e. The Kier molecular flexibility index (Phi) is 5.20. The largest absolute Gasteiger partial charge is 0.368 e. The number of pyridine rings is 1. The van der Waals surface area contributed by atoms with Crippen LogP contribution in [-0.4, -0.2) is 21.7 Å². The van der Waals surface area contributed by atoms with Crippen molar-refractivity contribution in [3.05, 3.63) is 60.9 Å². The first-order valence-electron chi connectivity index (χ1n) is 7.97. The molecule has 24 heavy (non-hydrogen) atoms. The van der Waals surface area contributed by atoms with Gasteiger partial charge in [0.1, 0.15) is 0 Å². The van der Waals surface area contributed by atoms with Crippen LogP contribution in [0.3, 0.4) is 0 Å². The molecular weight excluding hydrogens is 364 g/mol. The molecule has 2 aromatic heterocycles. The van der Waals surface area contributed by atoms with Crippen LogP contribution in [0.4, 0.5) is 5.82 Å². The van der Waals surface area contributed by atoms with E-state index in [0.29, 0.717) is 0 Å². The smallest absolute Gasteiger partial charge is 0.156 e. The van der Waals surface area contributed by atoms with E-state index in [1.807, 2.05) is 42.7 Å². The fraction of sp³-hybridized carbons (Fsp3) is 0.211. The maximum Gasteiger partial charge on any atom is 0.156 e. The maximum absolute atomic E-state index is 4.45. The Hall–Kier alpha value is -2.27. The number of hydrogen-bond donors (Lipinski definition) is 1. The number of nitrogens with zero attached hydrogens (tertiary/aromatic N) is 3.